The van der Waals surface area contributed by atoms with Crippen molar-refractivity contribution in [3.63, 3.8) is 0 Å². The smallest absolute Gasteiger partial charge is 0.329 e. The minimum Gasteiger partial charge on any atom is -0.329 e. The maximum Gasteiger partial charge on any atom is 0.433 e. The molecule has 0 radical (unpaired) electrons. The molecule has 0 aromatic carbocycles. The molecule has 2 rings (SSSR count). The second kappa shape index (κ2) is 4.04. The highest BCUT2D eigenvalue weighted by Crippen LogP contribution is 2.28. The summed E-state index contributed by atoms with van der Waals surface area (Å²) in [6.07, 6.45) is -1.99. The average Bonchev–Trinajstić information content (AvgIpc) is 2.29. The van der Waals surface area contributed by atoms with Crippen LogP contribution >= 0.6 is 0 Å². The van der Waals surface area contributed by atoms with E-state index in [0.29, 0.717) is 5.56 Å². The number of H-pyrrole nitrogens is 1. The monoisotopic (exact) mass is 240 g/mol. The van der Waals surface area contributed by atoms with Crippen molar-refractivity contribution in [1.29, 1.82) is 0 Å². The predicted molar refractivity (Wildman–Crippen MR) is 55.3 cm³/mol. The summed E-state index contributed by atoms with van der Waals surface area (Å²) < 4.78 is 36.8. The van der Waals surface area contributed by atoms with E-state index in [4.69, 9.17) is 0 Å². The van der Waals surface area contributed by atoms with Crippen LogP contribution in [0.4, 0.5) is 13.2 Å². The Hall–Kier alpha value is -2.11. The second-order valence-electron chi connectivity index (χ2n) is 3.34. The highest BCUT2D eigenvalue weighted by atomic mass is 19.4. The third-order valence-electron chi connectivity index (χ3n) is 2.18. The topological polar surface area (TPSA) is 45.8 Å². The van der Waals surface area contributed by atoms with Gasteiger partial charge in [-0.05, 0) is 18.2 Å². The van der Waals surface area contributed by atoms with Gasteiger partial charge in [-0.15, -0.1) is 0 Å². The Morgan fingerprint density at radius 3 is 2.47 bits per heavy atom. The third kappa shape index (κ3) is 2.35. The minimum absolute atomic E-state index is 0.286. The van der Waals surface area contributed by atoms with Gasteiger partial charge in [-0.2, -0.15) is 13.2 Å². The van der Waals surface area contributed by atoms with Gasteiger partial charge in [0, 0.05) is 23.5 Å². The number of halogens is 3. The molecule has 0 saturated carbocycles. The van der Waals surface area contributed by atoms with Crippen LogP contribution in [-0.4, -0.2) is 9.97 Å². The van der Waals surface area contributed by atoms with E-state index in [2.05, 4.69) is 9.97 Å². The van der Waals surface area contributed by atoms with Crippen molar-refractivity contribution >= 4 is 0 Å². The molecule has 0 aliphatic heterocycles. The van der Waals surface area contributed by atoms with Crippen LogP contribution in [0.15, 0.2) is 41.5 Å². The molecule has 0 amide bonds. The summed E-state index contributed by atoms with van der Waals surface area (Å²) in [5, 5.41) is 0. The Morgan fingerprint density at radius 2 is 1.94 bits per heavy atom. The van der Waals surface area contributed by atoms with E-state index < -0.39 is 11.9 Å². The number of nitrogens with one attached hydrogen (secondary N) is 1. The standard InChI is InChI=1S/C11H7F3N2O/c12-11(13,14)9-4-3-7(6-16-9)8-2-1-5-15-10(8)17/h1-6H,(H,15,17). The van der Waals surface area contributed by atoms with Crippen molar-refractivity contribution in [2.24, 2.45) is 0 Å². The number of hydrogen-bond acceptors (Lipinski definition) is 2. The summed E-state index contributed by atoms with van der Waals surface area (Å²) in [6, 6.07) is 5.18. The van der Waals surface area contributed by atoms with Crippen molar-refractivity contribution in [1.82, 2.24) is 9.97 Å². The lowest BCUT2D eigenvalue weighted by molar-refractivity contribution is -0.141. The molecule has 0 saturated heterocycles. The fourth-order valence-corrected chi connectivity index (χ4v) is 1.37. The van der Waals surface area contributed by atoms with Gasteiger partial charge >= 0.3 is 6.18 Å². The van der Waals surface area contributed by atoms with Gasteiger partial charge in [-0.25, -0.2) is 0 Å². The van der Waals surface area contributed by atoms with Crippen LogP contribution in [0, 0.1) is 0 Å². The van der Waals surface area contributed by atoms with E-state index in [0.717, 1.165) is 12.3 Å². The largest absolute Gasteiger partial charge is 0.433 e. The van der Waals surface area contributed by atoms with Crippen molar-refractivity contribution in [2.45, 2.75) is 6.18 Å². The van der Waals surface area contributed by atoms with Gasteiger partial charge in [-0.1, -0.05) is 6.07 Å². The third-order valence-corrected chi connectivity index (χ3v) is 2.18. The van der Waals surface area contributed by atoms with E-state index in [-0.39, 0.29) is 11.1 Å². The SMILES string of the molecule is O=c1[nH]cccc1-c1ccc(C(F)(F)F)nc1. The normalized spacial score (nSPS) is 11.5. The lowest BCUT2D eigenvalue weighted by Gasteiger charge is -2.06. The molecule has 2 aromatic heterocycles. The first-order valence-electron chi connectivity index (χ1n) is 4.70. The fraction of sp³-hybridized carbons (Fsp3) is 0.0909. The molecule has 0 aliphatic carbocycles. The summed E-state index contributed by atoms with van der Waals surface area (Å²) in [5.41, 5.74) is -0.712. The summed E-state index contributed by atoms with van der Waals surface area (Å²) in [4.78, 5) is 17.1. The zero-order valence-corrected chi connectivity index (χ0v) is 8.45. The maximum atomic E-state index is 12.3. The fourth-order valence-electron chi connectivity index (χ4n) is 1.37. The van der Waals surface area contributed by atoms with Crippen molar-refractivity contribution in [3.05, 3.63) is 52.7 Å². The van der Waals surface area contributed by atoms with Crippen LogP contribution in [0.1, 0.15) is 5.69 Å². The van der Waals surface area contributed by atoms with Gasteiger partial charge in [0.1, 0.15) is 5.69 Å². The molecule has 0 fully saturated rings. The quantitative estimate of drug-likeness (QED) is 0.832. The Labute approximate surface area is 94.0 Å². The molecule has 3 nitrogen and oxygen atoms in total. The van der Waals surface area contributed by atoms with Gasteiger partial charge in [0.25, 0.3) is 5.56 Å². The first kappa shape index (κ1) is 11.4. The molecular weight excluding hydrogens is 233 g/mol. The van der Waals surface area contributed by atoms with Crippen LogP contribution in [0.2, 0.25) is 0 Å². The molecule has 0 spiro atoms. The molecule has 0 aliphatic rings. The van der Waals surface area contributed by atoms with Crippen LogP contribution in [0.5, 0.6) is 0 Å². The second-order valence-corrected chi connectivity index (χ2v) is 3.34. The van der Waals surface area contributed by atoms with E-state index in [1.54, 1.807) is 6.07 Å². The molecule has 2 aromatic rings. The average molecular weight is 240 g/mol. The lowest BCUT2D eigenvalue weighted by atomic mass is 10.1. The number of nitrogens with zero attached hydrogens (tertiary/aromatic N) is 1. The highest BCUT2D eigenvalue weighted by Gasteiger charge is 2.32. The van der Waals surface area contributed by atoms with Crippen molar-refractivity contribution in [3.8, 4) is 11.1 Å². The number of alkyl halides is 3. The van der Waals surface area contributed by atoms with E-state index in [1.165, 1.54) is 18.3 Å². The van der Waals surface area contributed by atoms with Gasteiger partial charge in [0.05, 0.1) is 0 Å². The Kier molecular flexibility index (Phi) is 2.71. The number of pyridine rings is 2. The number of aromatic nitrogens is 2. The van der Waals surface area contributed by atoms with Gasteiger partial charge in [0.2, 0.25) is 0 Å². The molecule has 6 heteroatoms. The summed E-state index contributed by atoms with van der Waals surface area (Å²) in [7, 11) is 0. The Balaban J connectivity index is 2.44. The van der Waals surface area contributed by atoms with E-state index in [1.807, 2.05) is 0 Å². The van der Waals surface area contributed by atoms with Gasteiger partial charge in [-0.3, -0.25) is 9.78 Å². The molecule has 0 unspecified atom stereocenters. The first-order valence-corrected chi connectivity index (χ1v) is 4.70. The maximum absolute atomic E-state index is 12.3. The van der Waals surface area contributed by atoms with Crippen LogP contribution in [-0.2, 0) is 6.18 Å². The van der Waals surface area contributed by atoms with Crippen molar-refractivity contribution < 1.29 is 13.2 Å². The highest BCUT2D eigenvalue weighted by molar-refractivity contribution is 5.60. The summed E-state index contributed by atoms with van der Waals surface area (Å²) in [6.45, 7) is 0. The van der Waals surface area contributed by atoms with Crippen molar-refractivity contribution in [2.75, 3.05) is 0 Å². The molecule has 1 N–H and O–H groups in total. The number of aromatic amines is 1. The predicted octanol–water partition coefficient (Wildman–Crippen LogP) is 2.46. The zero-order valence-electron chi connectivity index (χ0n) is 8.45. The molecule has 2 heterocycles. The van der Waals surface area contributed by atoms with Crippen LogP contribution in [0.3, 0.4) is 0 Å². The molecule has 17 heavy (non-hydrogen) atoms. The lowest BCUT2D eigenvalue weighted by Crippen LogP contribution is -2.09. The zero-order chi connectivity index (χ0) is 12.5. The summed E-state index contributed by atoms with van der Waals surface area (Å²) >= 11 is 0. The molecule has 0 bridgehead atoms. The molecular formula is C11H7F3N2O. The van der Waals surface area contributed by atoms with Gasteiger partial charge < -0.3 is 4.98 Å². The number of rotatable bonds is 1. The van der Waals surface area contributed by atoms with E-state index in [9.17, 15) is 18.0 Å². The van der Waals surface area contributed by atoms with Crippen LogP contribution in [0.25, 0.3) is 11.1 Å². The number of hydrogen-bond donors (Lipinski definition) is 1. The first-order chi connectivity index (χ1) is 7.98. The Bertz CT molecular complexity index is 572. The minimum atomic E-state index is -4.47. The molecule has 0 atom stereocenters. The van der Waals surface area contributed by atoms with Crippen LogP contribution < -0.4 is 5.56 Å². The summed E-state index contributed by atoms with van der Waals surface area (Å²) in [5.74, 6) is 0. The Morgan fingerprint density at radius 1 is 1.18 bits per heavy atom. The van der Waals surface area contributed by atoms with Gasteiger partial charge in [0.15, 0.2) is 0 Å². The van der Waals surface area contributed by atoms with E-state index >= 15 is 0 Å². The molecule has 88 valence electrons.